The SMILES string of the molecule is CN1CCC(CNCc2nc(C(C)(C)C)cs2)CC1. The van der Waals surface area contributed by atoms with Crippen molar-refractivity contribution in [3.63, 3.8) is 0 Å². The summed E-state index contributed by atoms with van der Waals surface area (Å²) >= 11 is 1.78. The fourth-order valence-electron chi connectivity index (χ4n) is 2.39. The highest BCUT2D eigenvalue weighted by Crippen LogP contribution is 2.23. The lowest BCUT2D eigenvalue weighted by Gasteiger charge is -2.28. The number of piperidine rings is 1. The van der Waals surface area contributed by atoms with E-state index in [0.29, 0.717) is 0 Å². The van der Waals surface area contributed by atoms with Gasteiger partial charge in [-0.1, -0.05) is 20.8 Å². The molecule has 1 saturated heterocycles. The first-order valence-corrected chi connectivity index (χ1v) is 8.17. The first-order valence-electron chi connectivity index (χ1n) is 7.29. The van der Waals surface area contributed by atoms with E-state index in [1.54, 1.807) is 11.3 Å². The van der Waals surface area contributed by atoms with Gasteiger partial charge in [-0.15, -0.1) is 11.3 Å². The molecule has 1 aliphatic rings. The summed E-state index contributed by atoms with van der Waals surface area (Å²) in [4.78, 5) is 7.15. The molecule has 0 bridgehead atoms. The zero-order valence-corrected chi connectivity index (χ0v) is 13.5. The maximum absolute atomic E-state index is 4.72. The summed E-state index contributed by atoms with van der Waals surface area (Å²) in [6.07, 6.45) is 2.66. The minimum atomic E-state index is 0.169. The zero-order chi connectivity index (χ0) is 13.9. The van der Waals surface area contributed by atoms with E-state index < -0.39 is 0 Å². The molecule has 1 aromatic rings. The van der Waals surface area contributed by atoms with Crippen molar-refractivity contribution in [3.05, 3.63) is 16.1 Å². The average molecular weight is 281 g/mol. The lowest BCUT2D eigenvalue weighted by molar-refractivity contribution is 0.216. The van der Waals surface area contributed by atoms with Crippen LogP contribution in [0.1, 0.15) is 44.3 Å². The second-order valence-corrected chi connectivity index (χ2v) is 7.70. The minimum absolute atomic E-state index is 0.169. The predicted molar refractivity (Wildman–Crippen MR) is 82.7 cm³/mol. The molecule has 0 unspecified atom stereocenters. The normalized spacial score (nSPS) is 18.9. The third-order valence-corrected chi connectivity index (χ3v) is 4.72. The van der Waals surface area contributed by atoms with Gasteiger partial charge in [0.05, 0.1) is 5.69 Å². The number of nitrogens with one attached hydrogen (secondary N) is 1. The smallest absolute Gasteiger partial charge is 0.107 e. The second kappa shape index (κ2) is 6.33. The van der Waals surface area contributed by atoms with Gasteiger partial charge in [0.2, 0.25) is 0 Å². The fraction of sp³-hybridized carbons (Fsp3) is 0.800. The number of likely N-dealkylation sites (tertiary alicyclic amines) is 1. The molecule has 0 aromatic carbocycles. The van der Waals surface area contributed by atoms with Gasteiger partial charge in [-0.3, -0.25) is 0 Å². The Bertz CT molecular complexity index is 386. The first kappa shape index (κ1) is 14.9. The van der Waals surface area contributed by atoms with Crippen LogP contribution in [0.15, 0.2) is 5.38 Å². The van der Waals surface area contributed by atoms with Gasteiger partial charge >= 0.3 is 0 Å². The molecule has 2 heterocycles. The standard InChI is InChI=1S/C15H27N3S/c1-15(2,3)13-11-19-14(17-13)10-16-9-12-5-7-18(4)8-6-12/h11-12,16H,5-10H2,1-4H3. The summed E-state index contributed by atoms with van der Waals surface area (Å²) in [5, 5.41) is 7.00. The van der Waals surface area contributed by atoms with Crippen molar-refractivity contribution in [1.29, 1.82) is 0 Å². The first-order chi connectivity index (χ1) is 8.95. The minimum Gasteiger partial charge on any atom is -0.310 e. The van der Waals surface area contributed by atoms with E-state index in [2.05, 4.69) is 43.4 Å². The van der Waals surface area contributed by atoms with E-state index in [1.165, 1.54) is 36.6 Å². The van der Waals surface area contributed by atoms with Gasteiger partial charge in [-0.2, -0.15) is 0 Å². The summed E-state index contributed by atoms with van der Waals surface area (Å²) in [6.45, 7) is 11.2. The van der Waals surface area contributed by atoms with Gasteiger partial charge < -0.3 is 10.2 Å². The maximum Gasteiger partial charge on any atom is 0.107 e. The Morgan fingerprint density at radius 1 is 1.37 bits per heavy atom. The number of nitrogens with zero attached hydrogens (tertiary/aromatic N) is 2. The van der Waals surface area contributed by atoms with Gasteiger partial charge in [0.1, 0.15) is 5.01 Å². The topological polar surface area (TPSA) is 28.2 Å². The highest BCUT2D eigenvalue weighted by Gasteiger charge is 2.18. The molecule has 1 N–H and O–H groups in total. The number of rotatable bonds is 4. The largest absolute Gasteiger partial charge is 0.310 e. The van der Waals surface area contributed by atoms with Crippen LogP contribution in [0.5, 0.6) is 0 Å². The van der Waals surface area contributed by atoms with Crippen molar-refractivity contribution < 1.29 is 0 Å². The molecule has 0 amide bonds. The highest BCUT2D eigenvalue weighted by atomic mass is 32.1. The quantitative estimate of drug-likeness (QED) is 0.920. The van der Waals surface area contributed by atoms with E-state index in [0.717, 1.165) is 19.0 Å². The van der Waals surface area contributed by atoms with Crippen molar-refractivity contribution in [3.8, 4) is 0 Å². The Morgan fingerprint density at radius 2 is 2.05 bits per heavy atom. The molecule has 1 aromatic heterocycles. The van der Waals surface area contributed by atoms with Crippen molar-refractivity contribution in [2.45, 2.75) is 45.6 Å². The van der Waals surface area contributed by atoms with Crippen molar-refractivity contribution >= 4 is 11.3 Å². The molecular formula is C15H27N3S. The van der Waals surface area contributed by atoms with Crippen LogP contribution < -0.4 is 5.32 Å². The molecule has 3 nitrogen and oxygen atoms in total. The van der Waals surface area contributed by atoms with Crippen LogP contribution in [0.25, 0.3) is 0 Å². The van der Waals surface area contributed by atoms with E-state index in [4.69, 9.17) is 4.98 Å². The lowest BCUT2D eigenvalue weighted by atomic mass is 9.93. The van der Waals surface area contributed by atoms with Gasteiger partial charge in [0.15, 0.2) is 0 Å². The van der Waals surface area contributed by atoms with E-state index in [9.17, 15) is 0 Å². The summed E-state index contributed by atoms with van der Waals surface area (Å²) in [5.41, 5.74) is 1.39. The lowest BCUT2D eigenvalue weighted by Crippen LogP contribution is -2.34. The molecule has 1 aliphatic heterocycles. The zero-order valence-electron chi connectivity index (χ0n) is 12.7. The molecule has 1 fully saturated rings. The summed E-state index contributed by atoms with van der Waals surface area (Å²) in [5.74, 6) is 0.846. The molecule has 4 heteroatoms. The third kappa shape index (κ3) is 4.55. The van der Waals surface area contributed by atoms with E-state index >= 15 is 0 Å². The highest BCUT2D eigenvalue weighted by molar-refractivity contribution is 7.09. The third-order valence-electron chi connectivity index (χ3n) is 3.87. The van der Waals surface area contributed by atoms with Crippen LogP contribution in [0.2, 0.25) is 0 Å². The number of hydrogen-bond donors (Lipinski definition) is 1. The molecule has 0 aliphatic carbocycles. The molecule has 0 spiro atoms. The number of thiazole rings is 1. The van der Waals surface area contributed by atoms with Gasteiger partial charge in [-0.05, 0) is 45.4 Å². The molecule has 0 atom stereocenters. The van der Waals surface area contributed by atoms with Gasteiger partial charge in [0, 0.05) is 17.3 Å². The molecule has 2 rings (SSSR count). The summed E-state index contributed by atoms with van der Waals surface area (Å²) < 4.78 is 0. The fourth-order valence-corrected chi connectivity index (χ4v) is 3.38. The Hall–Kier alpha value is -0.450. The molecule has 108 valence electrons. The van der Waals surface area contributed by atoms with Crippen LogP contribution in [0.4, 0.5) is 0 Å². The van der Waals surface area contributed by atoms with Crippen LogP contribution >= 0.6 is 11.3 Å². The van der Waals surface area contributed by atoms with Crippen LogP contribution in [-0.4, -0.2) is 36.6 Å². The monoisotopic (exact) mass is 281 g/mol. The Labute approximate surface area is 121 Å². The van der Waals surface area contributed by atoms with Crippen molar-refractivity contribution in [2.24, 2.45) is 5.92 Å². The second-order valence-electron chi connectivity index (χ2n) is 6.75. The molecule has 0 radical (unpaired) electrons. The van der Waals surface area contributed by atoms with Crippen LogP contribution in [0, 0.1) is 5.92 Å². The molecular weight excluding hydrogens is 254 g/mol. The van der Waals surface area contributed by atoms with E-state index in [1.807, 2.05) is 0 Å². The van der Waals surface area contributed by atoms with Crippen LogP contribution in [-0.2, 0) is 12.0 Å². The average Bonchev–Trinajstić information content (AvgIpc) is 2.80. The Morgan fingerprint density at radius 3 is 2.63 bits per heavy atom. The van der Waals surface area contributed by atoms with Gasteiger partial charge in [0.25, 0.3) is 0 Å². The number of aromatic nitrogens is 1. The summed E-state index contributed by atoms with van der Waals surface area (Å²) in [6, 6.07) is 0. The summed E-state index contributed by atoms with van der Waals surface area (Å²) in [7, 11) is 2.22. The van der Waals surface area contributed by atoms with E-state index in [-0.39, 0.29) is 5.41 Å². The van der Waals surface area contributed by atoms with Crippen LogP contribution in [0.3, 0.4) is 0 Å². The Balaban J connectivity index is 1.72. The van der Waals surface area contributed by atoms with Crippen molar-refractivity contribution in [1.82, 2.24) is 15.2 Å². The Kier molecular flexibility index (Phi) is 4.98. The predicted octanol–water partition coefficient (Wildman–Crippen LogP) is 2.87. The number of hydrogen-bond acceptors (Lipinski definition) is 4. The molecule has 0 saturated carbocycles. The van der Waals surface area contributed by atoms with Crippen molar-refractivity contribution in [2.75, 3.05) is 26.7 Å². The maximum atomic E-state index is 4.72. The van der Waals surface area contributed by atoms with Gasteiger partial charge in [-0.25, -0.2) is 4.98 Å². The molecule has 19 heavy (non-hydrogen) atoms.